The van der Waals surface area contributed by atoms with E-state index in [2.05, 4.69) is 11.6 Å². The van der Waals surface area contributed by atoms with Gasteiger partial charge in [0.05, 0.1) is 0 Å². The Balaban J connectivity index is 2.93. The number of aromatic nitrogens is 1. The zero-order valence-corrected chi connectivity index (χ0v) is 6.57. The summed E-state index contributed by atoms with van der Waals surface area (Å²) in [6.07, 6.45) is 3.22. The molecule has 0 saturated carbocycles. The predicted molar refractivity (Wildman–Crippen MR) is 46.1 cm³/mol. The lowest BCUT2D eigenvalue weighted by Gasteiger charge is -2.04. The van der Waals surface area contributed by atoms with Crippen molar-refractivity contribution in [2.45, 2.75) is 6.04 Å². The van der Waals surface area contributed by atoms with Gasteiger partial charge in [-0.25, -0.2) is 4.98 Å². The van der Waals surface area contributed by atoms with Gasteiger partial charge < -0.3 is 5.73 Å². The number of nitriles is 1. The highest BCUT2D eigenvalue weighted by Crippen LogP contribution is 2.09. The van der Waals surface area contributed by atoms with E-state index in [4.69, 9.17) is 11.0 Å². The molecule has 1 aromatic heterocycles. The normalized spacial score (nSPS) is 11.7. The Morgan fingerprint density at radius 3 is 2.83 bits per heavy atom. The molecule has 0 radical (unpaired) electrons. The molecule has 0 aliphatic heterocycles. The first-order valence-corrected chi connectivity index (χ1v) is 3.52. The van der Waals surface area contributed by atoms with Crippen LogP contribution in [-0.2, 0) is 0 Å². The summed E-state index contributed by atoms with van der Waals surface area (Å²) >= 11 is 0. The fourth-order valence-electron chi connectivity index (χ4n) is 0.805. The minimum absolute atomic E-state index is 0.203. The number of rotatable bonds is 2. The molecule has 12 heavy (non-hydrogen) atoms. The number of hydrogen-bond donors (Lipinski definition) is 1. The fourth-order valence-corrected chi connectivity index (χ4v) is 0.805. The molecule has 0 spiro atoms. The highest BCUT2D eigenvalue weighted by molar-refractivity contribution is 5.26. The molecule has 0 fully saturated rings. The quantitative estimate of drug-likeness (QED) is 0.658. The SMILES string of the molecule is C=C[C@@H](N)c1ccc(C#N)nc1. The minimum Gasteiger partial charge on any atom is -0.321 e. The maximum atomic E-state index is 8.46. The molecule has 1 atom stereocenters. The van der Waals surface area contributed by atoms with Crippen LogP contribution in [0.4, 0.5) is 0 Å². The van der Waals surface area contributed by atoms with Crippen molar-refractivity contribution in [3.8, 4) is 6.07 Å². The molecule has 0 aliphatic rings. The van der Waals surface area contributed by atoms with Crippen molar-refractivity contribution < 1.29 is 0 Å². The summed E-state index contributed by atoms with van der Waals surface area (Å²) in [5, 5.41) is 8.46. The first-order chi connectivity index (χ1) is 5.77. The van der Waals surface area contributed by atoms with Crippen LogP contribution in [0.1, 0.15) is 17.3 Å². The topological polar surface area (TPSA) is 62.7 Å². The third-order valence-corrected chi connectivity index (χ3v) is 1.54. The molecule has 0 amide bonds. The molecular weight excluding hydrogens is 150 g/mol. The van der Waals surface area contributed by atoms with Crippen molar-refractivity contribution in [2.24, 2.45) is 5.73 Å². The van der Waals surface area contributed by atoms with Gasteiger partial charge in [-0.1, -0.05) is 12.1 Å². The van der Waals surface area contributed by atoms with Crippen molar-refractivity contribution in [2.75, 3.05) is 0 Å². The molecule has 3 heteroatoms. The van der Waals surface area contributed by atoms with E-state index in [0.29, 0.717) is 5.69 Å². The van der Waals surface area contributed by atoms with Crippen LogP contribution in [0.3, 0.4) is 0 Å². The maximum absolute atomic E-state index is 8.46. The lowest BCUT2D eigenvalue weighted by molar-refractivity contribution is 0.902. The molecule has 0 saturated heterocycles. The average molecular weight is 159 g/mol. The molecule has 0 unspecified atom stereocenters. The molecule has 1 aromatic rings. The third kappa shape index (κ3) is 1.68. The zero-order valence-electron chi connectivity index (χ0n) is 6.57. The van der Waals surface area contributed by atoms with Crippen LogP contribution in [0.15, 0.2) is 31.0 Å². The summed E-state index contributed by atoms with van der Waals surface area (Å²) in [6, 6.07) is 5.14. The Hall–Kier alpha value is -1.66. The van der Waals surface area contributed by atoms with E-state index in [1.165, 1.54) is 0 Å². The second kappa shape index (κ2) is 3.65. The number of nitrogens with zero attached hydrogens (tertiary/aromatic N) is 2. The Morgan fingerprint density at radius 1 is 1.67 bits per heavy atom. The second-order valence-electron chi connectivity index (χ2n) is 2.35. The van der Waals surface area contributed by atoms with Crippen molar-refractivity contribution in [3.05, 3.63) is 42.2 Å². The standard InChI is InChI=1S/C9H9N3/c1-2-9(11)7-3-4-8(5-10)12-6-7/h2-4,6,9H,1,11H2/t9-/m1/s1. The number of pyridine rings is 1. The van der Waals surface area contributed by atoms with Gasteiger partial charge in [0.25, 0.3) is 0 Å². The average Bonchev–Trinajstić information content (AvgIpc) is 2.17. The van der Waals surface area contributed by atoms with Crippen molar-refractivity contribution in [1.29, 1.82) is 5.26 Å². The van der Waals surface area contributed by atoms with Crippen LogP contribution < -0.4 is 5.73 Å². The Morgan fingerprint density at radius 2 is 2.42 bits per heavy atom. The molecular formula is C9H9N3. The summed E-state index contributed by atoms with van der Waals surface area (Å²) in [7, 11) is 0. The number of nitrogens with two attached hydrogens (primary N) is 1. The van der Waals surface area contributed by atoms with Crippen LogP contribution in [-0.4, -0.2) is 4.98 Å². The van der Waals surface area contributed by atoms with E-state index >= 15 is 0 Å². The van der Waals surface area contributed by atoms with E-state index in [9.17, 15) is 0 Å². The van der Waals surface area contributed by atoms with E-state index < -0.39 is 0 Å². The Kier molecular flexibility index (Phi) is 2.57. The van der Waals surface area contributed by atoms with Crippen LogP contribution in [0.5, 0.6) is 0 Å². The molecule has 0 aliphatic carbocycles. The van der Waals surface area contributed by atoms with Crippen molar-refractivity contribution >= 4 is 0 Å². The van der Waals surface area contributed by atoms with Crippen LogP contribution in [0, 0.1) is 11.3 Å². The van der Waals surface area contributed by atoms with Gasteiger partial charge in [0.15, 0.2) is 0 Å². The van der Waals surface area contributed by atoms with Gasteiger partial charge in [0, 0.05) is 12.2 Å². The van der Waals surface area contributed by atoms with Gasteiger partial charge >= 0.3 is 0 Å². The summed E-state index contributed by atoms with van der Waals surface area (Å²) in [5.41, 5.74) is 6.91. The first kappa shape index (κ1) is 8.44. The minimum atomic E-state index is -0.203. The Bertz CT molecular complexity index is 308. The smallest absolute Gasteiger partial charge is 0.140 e. The summed E-state index contributed by atoms with van der Waals surface area (Å²) < 4.78 is 0. The third-order valence-electron chi connectivity index (χ3n) is 1.54. The molecule has 0 bridgehead atoms. The van der Waals surface area contributed by atoms with E-state index in [-0.39, 0.29) is 6.04 Å². The lowest BCUT2D eigenvalue weighted by Crippen LogP contribution is -2.06. The lowest BCUT2D eigenvalue weighted by atomic mass is 10.1. The molecule has 3 nitrogen and oxygen atoms in total. The van der Waals surface area contributed by atoms with Gasteiger partial charge in [0.1, 0.15) is 11.8 Å². The van der Waals surface area contributed by atoms with Gasteiger partial charge in [-0.3, -0.25) is 0 Å². The number of hydrogen-bond acceptors (Lipinski definition) is 3. The van der Waals surface area contributed by atoms with Gasteiger partial charge in [-0.2, -0.15) is 5.26 Å². The monoisotopic (exact) mass is 159 g/mol. The highest BCUT2D eigenvalue weighted by Gasteiger charge is 2.00. The first-order valence-electron chi connectivity index (χ1n) is 3.52. The van der Waals surface area contributed by atoms with Crippen LogP contribution in [0.2, 0.25) is 0 Å². The highest BCUT2D eigenvalue weighted by atomic mass is 14.7. The summed E-state index contributed by atoms with van der Waals surface area (Å²) in [6.45, 7) is 3.56. The van der Waals surface area contributed by atoms with Gasteiger partial charge in [-0.15, -0.1) is 6.58 Å². The van der Waals surface area contributed by atoms with Crippen LogP contribution >= 0.6 is 0 Å². The molecule has 2 N–H and O–H groups in total. The van der Waals surface area contributed by atoms with Crippen molar-refractivity contribution in [3.63, 3.8) is 0 Å². The molecule has 1 heterocycles. The van der Waals surface area contributed by atoms with E-state index in [1.54, 1.807) is 24.4 Å². The zero-order chi connectivity index (χ0) is 8.97. The van der Waals surface area contributed by atoms with Gasteiger partial charge in [-0.05, 0) is 11.6 Å². The summed E-state index contributed by atoms with van der Waals surface area (Å²) in [4.78, 5) is 3.88. The maximum Gasteiger partial charge on any atom is 0.140 e. The molecule has 60 valence electrons. The molecule has 0 aromatic carbocycles. The fraction of sp³-hybridized carbons (Fsp3) is 0.111. The predicted octanol–water partition coefficient (Wildman–Crippen LogP) is 1.14. The summed E-state index contributed by atoms with van der Waals surface area (Å²) in [5.74, 6) is 0. The molecule has 1 rings (SSSR count). The van der Waals surface area contributed by atoms with Crippen molar-refractivity contribution in [1.82, 2.24) is 4.98 Å². The van der Waals surface area contributed by atoms with Crippen LogP contribution in [0.25, 0.3) is 0 Å². The largest absolute Gasteiger partial charge is 0.321 e. The second-order valence-corrected chi connectivity index (χ2v) is 2.35. The van der Waals surface area contributed by atoms with E-state index in [1.807, 2.05) is 6.07 Å². The Labute approximate surface area is 71.2 Å². The van der Waals surface area contributed by atoms with Gasteiger partial charge in [0.2, 0.25) is 0 Å². The van der Waals surface area contributed by atoms with E-state index in [0.717, 1.165) is 5.56 Å².